The van der Waals surface area contributed by atoms with E-state index in [9.17, 15) is 4.79 Å². The summed E-state index contributed by atoms with van der Waals surface area (Å²) in [5.41, 5.74) is 3.86. The van der Waals surface area contributed by atoms with Crippen molar-refractivity contribution in [1.29, 1.82) is 0 Å². The molecule has 1 atom stereocenters. The van der Waals surface area contributed by atoms with E-state index in [0.717, 1.165) is 35.9 Å². The first kappa shape index (κ1) is 17.2. The van der Waals surface area contributed by atoms with E-state index in [2.05, 4.69) is 41.5 Å². The van der Waals surface area contributed by atoms with Gasteiger partial charge in [-0.1, -0.05) is 48.5 Å². The van der Waals surface area contributed by atoms with Crippen molar-refractivity contribution in [2.75, 3.05) is 13.7 Å². The van der Waals surface area contributed by atoms with Crippen LogP contribution in [0.1, 0.15) is 28.5 Å². The second-order valence-electron chi connectivity index (χ2n) is 6.31. The van der Waals surface area contributed by atoms with Crippen LogP contribution in [0, 0.1) is 0 Å². The summed E-state index contributed by atoms with van der Waals surface area (Å²) in [7, 11) is 1.41. The highest BCUT2D eigenvalue weighted by atomic mass is 16.5. The van der Waals surface area contributed by atoms with Gasteiger partial charge in [-0.05, 0) is 43.5 Å². The maximum absolute atomic E-state index is 12.1. The van der Waals surface area contributed by atoms with Crippen LogP contribution in [-0.2, 0) is 17.6 Å². The lowest BCUT2D eigenvalue weighted by Gasteiger charge is -2.14. The van der Waals surface area contributed by atoms with Gasteiger partial charge in [0.05, 0.1) is 7.11 Å². The fourth-order valence-electron chi connectivity index (χ4n) is 3.22. The molecule has 0 saturated heterocycles. The number of ether oxygens (including phenoxy) is 1. The maximum atomic E-state index is 12.1. The SMILES string of the molecule is COC(=O)c1[nH]c2ccccc2c1CCNC(C)Cc1ccccc1. The Hall–Kier alpha value is -2.59. The summed E-state index contributed by atoms with van der Waals surface area (Å²) in [5, 5.41) is 4.64. The Balaban J connectivity index is 1.67. The van der Waals surface area contributed by atoms with Gasteiger partial charge in [0.25, 0.3) is 0 Å². The van der Waals surface area contributed by atoms with Crippen molar-refractivity contribution in [3.63, 3.8) is 0 Å². The number of rotatable bonds is 7. The van der Waals surface area contributed by atoms with E-state index in [0.29, 0.717) is 11.7 Å². The summed E-state index contributed by atoms with van der Waals surface area (Å²) >= 11 is 0. The number of hydrogen-bond donors (Lipinski definition) is 2. The van der Waals surface area contributed by atoms with Gasteiger partial charge in [0, 0.05) is 16.9 Å². The molecule has 0 spiro atoms. The van der Waals surface area contributed by atoms with Gasteiger partial charge in [-0.2, -0.15) is 0 Å². The van der Waals surface area contributed by atoms with Crippen molar-refractivity contribution in [3.05, 3.63) is 71.4 Å². The lowest BCUT2D eigenvalue weighted by Crippen LogP contribution is -2.30. The van der Waals surface area contributed by atoms with Crippen LogP contribution in [0.3, 0.4) is 0 Å². The molecule has 0 saturated carbocycles. The summed E-state index contributed by atoms with van der Waals surface area (Å²) in [6.07, 6.45) is 1.76. The monoisotopic (exact) mass is 336 g/mol. The second-order valence-corrected chi connectivity index (χ2v) is 6.31. The zero-order chi connectivity index (χ0) is 17.6. The quantitative estimate of drug-likeness (QED) is 0.647. The van der Waals surface area contributed by atoms with Crippen molar-refractivity contribution in [1.82, 2.24) is 10.3 Å². The molecule has 0 aliphatic heterocycles. The molecule has 4 nitrogen and oxygen atoms in total. The van der Waals surface area contributed by atoms with E-state index < -0.39 is 0 Å². The number of fused-ring (bicyclic) bond motifs is 1. The molecule has 130 valence electrons. The smallest absolute Gasteiger partial charge is 0.354 e. The van der Waals surface area contributed by atoms with Gasteiger partial charge in [0.15, 0.2) is 0 Å². The standard InChI is InChI=1S/C21H24N2O2/c1-15(14-16-8-4-3-5-9-16)22-13-12-18-17-10-6-7-11-19(17)23-20(18)21(24)25-2/h3-11,15,22-23H,12-14H2,1-2H3. The van der Waals surface area contributed by atoms with Crippen LogP contribution < -0.4 is 5.32 Å². The molecule has 4 heteroatoms. The number of esters is 1. The number of hydrogen-bond acceptors (Lipinski definition) is 3. The van der Waals surface area contributed by atoms with Gasteiger partial charge >= 0.3 is 5.97 Å². The van der Waals surface area contributed by atoms with Gasteiger partial charge in [-0.15, -0.1) is 0 Å². The number of carbonyl (C=O) groups excluding carboxylic acids is 1. The zero-order valence-electron chi connectivity index (χ0n) is 14.7. The first-order valence-corrected chi connectivity index (χ1v) is 8.64. The van der Waals surface area contributed by atoms with Crippen LogP contribution in [0.5, 0.6) is 0 Å². The number of aromatic amines is 1. The number of benzene rings is 2. The van der Waals surface area contributed by atoms with Crippen LogP contribution in [0.2, 0.25) is 0 Å². The Morgan fingerprint density at radius 1 is 1.12 bits per heavy atom. The summed E-state index contributed by atoms with van der Waals surface area (Å²) in [6, 6.07) is 18.8. The fraction of sp³-hybridized carbons (Fsp3) is 0.286. The second kappa shape index (κ2) is 7.99. The average Bonchev–Trinajstić information content (AvgIpc) is 3.01. The first-order chi connectivity index (χ1) is 12.2. The number of nitrogens with one attached hydrogen (secondary N) is 2. The topological polar surface area (TPSA) is 54.1 Å². The molecular formula is C21H24N2O2. The number of carbonyl (C=O) groups is 1. The fourth-order valence-corrected chi connectivity index (χ4v) is 3.22. The molecule has 3 aromatic rings. The Labute approximate surface area is 148 Å². The van der Waals surface area contributed by atoms with Gasteiger partial charge in [0.2, 0.25) is 0 Å². The van der Waals surface area contributed by atoms with E-state index in [1.807, 2.05) is 30.3 Å². The lowest BCUT2D eigenvalue weighted by atomic mass is 10.1. The molecule has 1 aromatic heterocycles. The summed E-state index contributed by atoms with van der Waals surface area (Å²) in [6.45, 7) is 2.99. The van der Waals surface area contributed by atoms with Crippen molar-refractivity contribution in [2.24, 2.45) is 0 Å². The third-order valence-electron chi connectivity index (χ3n) is 4.46. The Kier molecular flexibility index (Phi) is 5.51. The highest BCUT2D eigenvalue weighted by Gasteiger charge is 2.17. The van der Waals surface area contributed by atoms with Crippen molar-refractivity contribution in [2.45, 2.75) is 25.8 Å². The van der Waals surface area contributed by atoms with E-state index in [1.54, 1.807) is 0 Å². The first-order valence-electron chi connectivity index (χ1n) is 8.64. The largest absolute Gasteiger partial charge is 0.464 e. The summed E-state index contributed by atoms with van der Waals surface area (Å²) < 4.78 is 4.92. The number of H-pyrrole nitrogens is 1. The predicted molar refractivity (Wildman–Crippen MR) is 101 cm³/mol. The van der Waals surface area contributed by atoms with Gasteiger partial charge in [0.1, 0.15) is 5.69 Å². The van der Waals surface area contributed by atoms with Crippen LogP contribution in [0.25, 0.3) is 10.9 Å². The van der Waals surface area contributed by atoms with Crippen LogP contribution in [0.15, 0.2) is 54.6 Å². The molecule has 0 fully saturated rings. The molecule has 0 bridgehead atoms. The van der Waals surface area contributed by atoms with E-state index in [4.69, 9.17) is 4.74 Å². The minimum Gasteiger partial charge on any atom is -0.464 e. The molecule has 0 aliphatic rings. The van der Waals surface area contributed by atoms with Gasteiger partial charge in [-0.3, -0.25) is 0 Å². The highest BCUT2D eigenvalue weighted by molar-refractivity contribution is 5.98. The number of methoxy groups -OCH3 is 1. The molecule has 1 unspecified atom stereocenters. The zero-order valence-corrected chi connectivity index (χ0v) is 14.7. The summed E-state index contributed by atoms with van der Waals surface area (Å²) in [5.74, 6) is -0.316. The molecule has 0 aliphatic carbocycles. The summed E-state index contributed by atoms with van der Waals surface area (Å²) in [4.78, 5) is 15.3. The van der Waals surface area contributed by atoms with Crippen molar-refractivity contribution < 1.29 is 9.53 Å². The molecule has 25 heavy (non-hydrogen) atoms. The van der Waals surface area contributed by atoms with Gasteiger partial charge in [-0.25, -0.2) is 4.79 Å². The molecule has 0 amide bonds. The Morgan fingerprint density at radius 3 is 2.60 bits per heavy atom. The Morgan fingerprint density at radius 2 is 1.84 bits per heavy atom. The minimum atomic E-state index is -0.316. The third-order valence-corrected chi connectivity index (χ3v) is 4.46. The van der Waals surface area contributed by atoms with Crippen LogP contribution >= 0.6 is 0 Å². The van der Waals surface area contributed by atoms with Crippen molar-refractivity contribution >= 4 is 16.9 Å². The predicted octanol–water partition coefficient (Wildman–Crippen LogP) is 3.72. The minimum absolute atomic E-state index is 0.316. The number of para-hydroxylation sites is 1. The van der Waals surface area contributed by atoms with E-state index >= 15 is 0 Å². The number of aromatic nitrogens is 1. The van der Waals surface area contributed by atoms with Crippen molar-refractivity contribution in [3.8, 4) is 0 Å². The third kappa shape index (κ3) is 4.09. The van der Waals surface area contributed by atoms with Crippen LogP contribution in [0.4, 0.5) is 0 Å². The molecule has 2 aromatic carbocycles. The molecular weight excluding hydrogens is 312 g/mol. The van der Waals surface area contributed by atoms with Crippen LogP contribution in [-0.4, -0.2) is 30.6 Å². The van der Waals surface area contributed by atoms with Gasteiger partial charge < -0.3 is 15.0 Å². The Bertz CT molecular complexity index is 839. The average molecular weight is 336 g/mol. The maximum Gasteiger partial charge on any atom is 0.354 e. The molecule has 0 radical (unpaired) electrons. The lowest BCUT2D eigenvalue weighted by molar-refractivity contribution is 0.0594. The molecule has 2 N–H and O–H groups in total. The molecule has 3 rings (SSSR count). The van der Waals surface area contributed by atoms with E-state index in [1.165, 1.54) is 12.7 Å². The normalized spacial score (nSPS) is 12.2. The molecule has 1 heterocycles. The highest BCUT2D eigenvalue weighted by Crippen LogP contribution is 2.23. The van der Waals surface area contributed by atoms with E-state index in [-0.39, 0.29) is 5.97 Å².